The molecule has 2 aliphatic rings. The van der Waals surface area contributed by atoms with Gasteiger partial charge in [-0.3, -0.25) is 4.79 Å². The molecule has 0 saturated carbocycles. The van der Waals surface area contributed by atoms with Crippen LogP contribution in [0.5, 0.6) is 0 Å². The lowest BCUT2D eigenvalue weighted by atomic mass is 9.87. The second-order valence-corrected chi connectivity index (χ2v) is 9.81. The zero-order chi connectivity index (χ0) is 24.0. The van der Waals surface area contributed by atoms with E-state index in [-0.39, 0.29) is 11.9 Å². The molecule has 3 atom stereocenters. The van der Waals surface area contributed by atoms with Gasteiger partial charge in [0.15, 0.2) is 5.82 Å². The molecule has 7 heteroatoms. The third-order valence-electron chi connectivity index (χ3n) is 7.30. The topological polar surface area (TPSA) is 83.9 Å². The second kappa shape index (κ2) is 8.87. The highest BCUT2D eigenvalue weighted by Crippen LogP contribution is 2.33. The van der Waals surface area contributed by atoms with Crippen LogP contribution >= 0.6 is 0 Å². The molecule has 178 valence electrons. The van der Waals surface area contributed by atoms with Crippen molar-refractivity contribution in [1.29, 1.82) is 0 Å². The van der Waals surface area contributed by atoms with Crippen LogP contribution in [0.2, 0.25) is 0 Å². The number of aryl methyl sites for hydroxylation is 3. The fourth-order valence-corrected chi connectivity index (χ4v) is 5.13. The molecule has 1 saturated heterocycles. The quantitative estimate of drug-likeness (QED) is 0.502. The van der Waals surface area contributed by atoms with Crippen LogP contribution in [0.15, 0.2) is 30.3 Å². The zero-order valence-electron chi connectivity index (χ0n) is 20.7. The number of hydrogen-bond acceptors (Lipinski definition) is 5. The van der Waals surface area contributed by atoms with E-state index in [1.807, 2.05) is 24.6 Å². The Labute approximate surface area is 201 Å². The van der Waals surface area contributed by atoms with Crippen LogP contribution in [0.25, 0.3) is 11.4 Å². The van der Waals surface area contributed by atoms with Crippen molar-refractivity contribution in [2.24, 2.45) is 0 Å². The van der Waals surface area contributed by atoms with Gasteiger partial charge in [0.1, 0.15) is 0 Å². The van der Waals surface area contributed by atoms with Crippen molar-refractivity contribution in [3.05, 3.63) is 58.1 Å². The van der Waals surface area contributed by atoms with Gasteiger partial charge in [-0.2, -0.15) is 4.98 Å². The Morgan fingerprint density at radius 3 is 2.62 bits per heavy atom. The van der Waals surface area contributed by atoms with Crippen molar-refractivity contribution >= 4 is 17.5 Å². The molecule has 3 heterocycles. The van der Waals surface area contributed by atoms with E-state index in [4.69, 9.17) is 10.1 Å². The molecule has 0 aliphatic carbocycles. The molecule has 1 aromatic heterocycles. The van der Waals surface area contributed by atoms with Gasteiger partial charge in [-0.25, -0.2) is 4.68 Å². The maximum Gasteiger partial charge on any atom is 0.252 e. The normalized spacial score (nSPS) is 21.9. The number of nitrogens with one attached hydrogen (secondary N) is 3. The molecule has 5 rings (SSSR count). The van der Waals surface area contributed by atoms with Crippen LogP contribution in [0.4, 0.5) is 11.6 Å². The Bertz CT molecular complexity index is 1240. The first kappa shape index (κ1) is 22.6. The molecule has 3 unspecified atom stereocenters. The number of amides is 1. The van der Waals surface area contributed by atoms with E-state index >= 15 is 0 Å². The largest absolute Gasteiger partial charge is 0.345 e. The average Bonchev–Trinajstić information content (AvgIpc) is 3.34. The number of rotatable bonds is 5. The molecule has 3 N–H and O–H groups in total. The molecule has 0 radical (unpaired) electrons. The summed E-state index contributed by atoms with van der Waals surface area (Å²) in [6.07, 6.45) is 2.44. The number of benzene rings is 2. The SMILES string of the molecule is CCn1nc(-c2ccc(C3CCC(C)NC3)cc2C)nc1Nc1cc2c(cc1C)C(=O)NC2C. The summed E-state index contributed by atoms with van der Waals surface area (Å²) in [5, 5.41) is 14.9. The molecular weight excluding hydrogens is 424 g/mol. The molecule has 34 heavy (non-hydrogen) atoms. The van der Waals surface area contributed by atoms with Gasteiger partial charge in [0.2, 0.25) is 5.95 Å². The number of nitrogens with zero attached hydrogens (tertiary/aromatic N) is 3. The molecule has 2 aliphatic heterocycles. The maximum atomic E-state index is 12.2. The summed E-state index contributed by atoms with van der Waals surface area (Å²) in [5.74, 6) is 2.00. The van der Waals surface area contributed by atoms with Gasteiger partial charge in [-0.1, -0.05) is 18.2 Å². The molecule has 3 aromatic rings. The van der Waals surface area contributed by atoms with E-state index in [0.29, 0.717) is 24.5 Å². The second-order valence-electron chi connectivity index (χ2n) is 9.81. The van der Waals surface area contributed by atoms with E-state index < -0.39 is 0 Å². The zero-order valence-corrected chi connectivity index (χ0v) is 20.7. The third kappa shape index (κ3) is 4.09. The number of piperidine rings is 1. The third-order valence-corrected chi connectivity index (χ3v) is 7.30. The Morgan fingerprint density at radius 1 is 1.09 bits per heavy atom. The highest BCUT2D eigenvalue weighted by molar-refractivity contribution is 6.00. The van der Waals surface area contributed by atoms with Crippen molar-refractivity contribution in [3.8, 4) is 11.4 Å². The first-order chi connectivity index (χ1) is 16.3. The summed E-state index contributed by atoms with van der Waals surface area (Å²) in [4.78, 5) is 17.0. The van der Waals surface area contributed by atoms with Crippen molar-refractivity contribution in [2.45, 2.75) is 72.0 Å². The monoisotopic (exact) mass is 458 g/mol. The van der Waals surface area contributed by atoms with Crippen molar-refractivity contribution in [3.63, 3.8) is 0 Å². The summed E-state index contributed by atoms with van der Waals surface area (Å²) in [6.45, 7) is 12.2. The maximum absolute atomic E-state index is 12.2. The van der Waals surface area contributed by atoms with Gasteiger partial charge in [0.05, 0.1) is 6.04 Å². The minimum Gasteiger partial charge on any atom is -0.345 e. The number of anilines is 2. The molecule has 1 amide bonds. The van der Waals surface area contributed by atoms with Gasteiger partial charge >= 0.3 is 0 Å². The Balaban J connectivity index is 1.42. The highest BCUT2D eigenvalue weighted by Gasteiger charge is 2.27. The first-order valence-electron chi connectivity index (χ1n) is 12.4. The van der Waals surface area contributed by atoms with Gasteiger partial charge in [0, 0.05) is 35.9 Å². The van der Waals surface area contributed by atoms with Crippen molar-refractivity contribution < 1.29 is 4.79 Å². The first-order valence-corrected chi connectivity index (χ1v) is 12.4. The number of carbonyl (C=O) groups is 1. The molecule has 1 fully saturated rings. The van der Waals surface area contributed by atoms with Gasteiger partial charge in [-0.15, -0.1) is 5.10 Å². The fraction of sp³-hybridized carbons (Fsp3) is 0.444. The molecule has 0 bridgehead atoms. The lowest BCUT2D eigenvalue weighted by Gasteiger charge is -2.28. The van der Waals surface area contributed by atoms with Crippen LogP contribution in [0.3, 0.4) is 0 Å². The Kier molecular flexibility index (Phi) is 5.90. The molecule has 2 aromatic carbocycles. The Hall–Kier alpha value is -3.19. The van der Waals surface area contributed by atoms with Gasteiger partial charge in [-0.05, 0) is 87.8 Å². The lowest BCUT2D eigenvalue weighted by molar-refractivity contribution is 0.0958. The summed E-state index contributed by atoms with van der Waals surface area (Å²) < 4.78 is 1.90. The van der Waals surface area contributed by atoms with Gasteiger partial charge < -0.3 is 16.0 Å². The molecular formula is C27H34N6O. The predicted molar refractivity (Wildman–Crippen MR) is 136 cm³/mol. The smallest absolute Gasteiger partial charge is 0.252 e. The minimum absolute atomic E-state index is 0.00592. The lowest BCUT2D eigenvalue weighted by Crippen LogP contribution is -2.35. The number of hydrogen-bond donors (Lipinski definition) is 3. The van der Waals surface area contributed by atoms with E-state index in [0.717, 1.165) is 40.3 Å². The fourth-order valence-electron chi connectivity index (χ4n) is 5.13. The van der Waals surface area contributed by atoms with E-state index in [9.17, 15) is 4.79 Å². The summed E-state index contributed by atoms with van der Waals surface area (Å²) >= 11 is 0. The van der Waals surface area contributed by atoms with Crippen LogP contribution in [-0.2, 0) is 6.54 Å². The van der Waals surface area contributed by atoms with E-state index in [1.165, 1.54) is 24.0 Å². The van der Waals surface area contributed by atoms with Crippen LogP contribution < -0.4 is 16.0 Å². The van der Waals surface area contributed by atoms with Gasteiger partial charge in [0.25, 0.3) is 5.91 Å². The molecule has 7 nitrogen and oxygen atoms in total. The number of aromatic nitrogens is 3. The predicted octanol–water partition coefficient (Wildman–Crippen LogP) is 4.99. The van der Waals surface area contributed by atoms with E-state index in [2.05, 4.69) is 61.0 Å². The minimum atomic E-state index is -0.00592. The van der Waals surface area contributed by atoms with Crippen LogP contribution in [-0.4, -0.2) is 33.3 Å². The van der Waals surface area contributed by atoms with Crippen molar-refractivity contribution in [1.82, 2.24) is 25.4 Å². The van der Waals surface area contributed by atoms with Crippen molar-refractivity contribution in [2.75, 3.05) is 11.9 Å². The number of carbonyl (C=O) groups excluding carboxylic acids is 1. The van der Waals surface area contributed by atoms with Crippen LogP contribution in [0.1, 0.15) is 78.2 Å². The summed E-state index contributed by atoms with van der Waals surface area (Å²) in [6, 6.07) is 11.3. The summed E-state index contributed by atoms with van der Waals surface area (Å²) in [7, 11) is 0. The summed E-state index contributed by atoms with van der Waals surface area (Å²) in [5.41, 5.74) is 7.37. The number of fused-ring (bicyclic) bond motifs is 1. The Morgan fingerprint density at radius 2 is 1.91 bits per heavy atom. The van der Waals surface area contributed by atoms with E-state index in [1.54, 1.807) is 0 Å². The molecule has 0 spiro atoms. The highest BCUT2D eigenvalue weighted by atomic mass is 16.2. The van der Waals surface area contributed by atoms with Crippen LogP contribution in [0, 0.1) is 13.8 Å². The standard InChI is InChI=1S/C27H34N6O/c1-6-33-27(30-24-13-22-18(5)29-26(34)23(22)12-16(24)3)31-25(32-33)21-10-9-19(11-15(21)2)20-8-7-17(4)28-14-20/h9-13,17-18,20,28H,6-8,14H2,1-5H3,(H,29,34)(H,30,31,32). The average molecular weight is 459 g/mol.